The van der Waals surface area contributed by atoms with Crippen LogP contribution in [0, 0.1) is 5.92 Å². The molecule has 0 aliphatic rings. The highest BCUT2D eigenvalue weighted by atomic mass is 16.4. The van der Waals surface area contributed by atoms with E-state index < -0.39 is 5.97 Å². The molecule has 0 aliphatic carbocycles. The minimum Gasteiger partial charge on any atom is -0.481 e. The van der Waals surface area contributed by atoms with Crippen molar-refractivity contribution in [2.75, 3.05) is 11.9 Å². The number of carboxylic acids is 1. The predicted molar refractivity (Wildman–Crippen MR) is 135 cm³/mol. The standard InChI is InChI=1S/C27H34N4O4/c1-6-17(2)23(29-21-13-11-19(12-14-21)24(34)28-16-15-22(32)33)18-7-9-20(10-8-18)25-30-31-26(35-25)27(3,4)5/h7-14,17,23,29H,6,15-16H2,1-5H3,(H,28,34)(H,32,33). The Morgan fingerprint density at radius 3 is 2.23 bits per heavy atom. The molecule has 0 saturated heterocycles. The first-order valence-electron chi connectivity index (χ1n) is 11.9. The Morgan fingerprint density at radius 2 is 1.69 bits per heavy atom. The van der Waals surface area contributed by atoms with Crippen LogP contribution < -0.4 is 10.6 Å². The lowest BCUT2D eigenvalue weighted by Gasteiger charge is -2.26. The van der Waals surface area contributed by atoms with E-state index in [0.717, 1.165) is 23.2 Å². The van der Waals surface area contributed by atoms with Crippen LogP contribution in [0.1, 0.15) is 75.3 Å². The number of nitrogens with zero attached hydrogens (tertiary/aromatic N) is 2. The van der Waals surface area contributed by atoms with E-state index in [2.05, 4.69) is 46.8 Å². The van der Waals surface area contributed by atoms with Gasteiger partial charge in [-0.05, 0) is 47.9 Å². The Bertz CT molecular complexity index is 1130. The van der Waals surface area contributed by atoms with Crippen LogP contribution in [0.5, 0.6) is 0 Å². The average Bonchev–Trinajstić information content (AvgIpc) is 3.33. The first-order chi connectivity index (χ1) is 16.6. The van der Waals surface area contributed by atoms with E-state index in [9.17, 15) is 9.59 Å². The van der Waals surface area contributed by atoms with E-state index >= 15 is 0 Å². The lowest BCUT2D eigenvalue weighted by atomic mass is 9.91. The molecule has 0 radical (unpaired) electrons. The summed E-state index contributed by atoms with van der Waals surface area (Å²) in [6.45, 7) is 10.6. The van der Waals surface area contributed by atoms with Gasteiger partial charge in [0.05, 0.1) is 12.5 Å². The molecule has 1 amide bonds. The summed E-state index contributed by atoms with van der Waals surface area (Å²) in [6.07, 6.45) is 0.882. The minimum atomic E-state index is -0.944. The Kier molecular flexibility index (Phi) is 8.27. The second kappa shape index (κ2) is 11.2. The Labute approximate surface area is 206 Å². The first-order valence-corrected chi connectivity index (χ1v) is 11.9. The molecule has 3 N–H and O–H groups in total. The van der Waals surface area contributed by atoms with E-state index in [4.69, 9.17) is 9.52 Å². The highest BCUT2D eigenvalue weighted by molar-refractivity contribution is 5.94. The van der Waals surface area contributed by atoms with Gasteiger partial charge in [-0.1, -0.05) is 53.2 Å². The summed E-state index contributed by atoms with van der Waals surface area (Å²) in [4.78, 5) is 22.8. The largest absolute Gasteiger partial charge is 0.481 e. The predicted octanol–water partition coefficient (Wildman–Crippen LogP) is 5.44. The molecule has 3 aromatic rings. The van der Waals surface area contributed by atoms with Crippen LogP contribution in [0.3, 0.4) is 0 Å². The molecule has 2 unspecified atom stereocenters. The molecule has 0 bridgehead atoms. The summed E-state index contributed by atoms with van der Waals surface area (Å²) < 4.78 is 5.87. The van der Waals surface area contributed by atoms with Gasteiger partial charge in [-0.15, -0.1) is 10.2 Å². The maximum atomic E-state index is 12.2. The number of carbonyl (C=O) groups excluding carboxylic acids is 1. The highest BCUT2D eigenvalue weighted by Crippen LogP contribution is 2.31. The number of hydrogen-bond donors (Lipinski definition) is 3. The van der Waals surface area contributed by atoms with Gasteiger partial charge >= 0.3 is 5.97 Å². The maximum absolute atomic E-state index is 12.2. The van der Waals surface area contributed by atoms with E-state index in [0.29, 0.717) is 23.3 Å². The molecule has 2 aromatic carbocycles. The van der Waals surface area contributed by atoms with Gasteiger partial charge in [0.25, 0.3) is 5.91 Å². The van der Waals surface area contributed by atoms with Crippen molar-refractivity contribution in [2.45, 2.75) is 58.9 Å². The van der Waals surface area contributed by atoms with Gasteiger partial charge in [-0.3, -0.25) is 9.59 Å². The lowest BCUT2D eigenvalue weighted by Crippen LogP contribution is -2.26. The summed E-state index contributed by atoms with van der Waals surface area (Å²) >= 11 is 0. The third-order valence-corrected chi connectivity index (χ3v) is 5.89. The summed E-state index contributed by atoms with van der Waals surface area (Å²) in [5.41, 5.74) is 3.19. The maximum Gasteiger partial charge on any atom is 0.305 e. The smallest absolute Gasteiger partial charge is 0.305 e. The highest BCUT2D eigenvalue weighted by Gasteiger charge is 2.23. The van der Waals surface area contributed by atoms with Gasteiger partial charge < -0.3 is 20.2 Å². The summed E-state index contributed by atoms with van der Waals surface area (Å²) in [6, 6.07) is 15.4. The van der Waals surface area contributed by atoms with E-state index in [1.54, 1.807) is 12.1 Å². The minimum absolute atomic E-state index is 0.0668. The number of carboxylic acid groups (broad SMARTS) is 1. The number of aliphatic carboxylic acids is 1. The fourth-order valence-electron chi connectivity index (χ4n) is 3.55. The molecule has 1 aromatic heterocycles. The van der Waals surface area contributed by atoms with Gasteiger partial charge in [-0.2, -0.15) is 0 Å². The molecule has 0 fully saturated rings. The van der Waals surface area contributed by atoms with Crippen LogP contribution in [-0.4, -0.2) is 33.7 Å². The number of rotatable bonds is 10. The molecule has 0 saturated carbocycles. The van der Waals surface area contributed by atoms with Crippen molar-refractivity contribution in [1.82, 2.24) is 15.5 Å². The summed E-state index contributed by atoms with van der Waals surface area (Å²) in [7, 11) is 0. The Morgan fingerprint density at radius 1 is 1.03 bits per heavy atom. The number of carbonyl (C=O) groups is 2. The quantitative estimate of drug-likeness (QED) is 0.355. The fraction of sp³-hybridized carbons (Fsp3) is 0.407. The van der Waals surface area contributed by atoms with Crippen LogP contribution in [-0.2, 0) is 10.2 Å². The van der Waals surface area contributed by atoms with Crippen LogP contribution in [0.2, 0.25) is 0 Å². The Balaban J connectivity index is 1.72. The summed E-state index contributed by atoms with van der Waals surface area (Å²) in [5, 5.41) is 23.3. The van der Waals surface area contributed by atoms with E-state index in [1.165, 1.54) is 0 Å². The van der Waals surface area contributed by atoms with Gasteiger partial charge in [0.1, 0.15) is 0 Å². The SMILES string of the molecule is CCC(C)C(Nc1ccc(C(=O)NCCC(=O)O)cc1)c1ccc(-c2nnc(C(C)(C)C)o2)cc1. The van der Waals surface area contributed by atoms with Crippen LogP contribution in [0.4, 0.5) is 5.69 Å². The first kappa shape index (κ1) is 25.9. The second-order valence-electron chi connectivity index (χ2n) is 9.77. The average molecular weight is 479 g/mol. The van der Waals surface area contributed by atoms with Gasteiger partial charge in [0.15, 0.2) is 0 Å². The zero-order valence-electron chi connectivity index (χ0n) is 21.0. The van der Waals surface area contributed by atoms with Crippen molar-refractivity contribution < 1.29 is 19.1 Å². The molecule has 8 nitrogen and oxygen atoms in total. The zero-order chi connectivity index (χ0) is 25.6. The Hall–Kier alpha value is -3.68. The second-order valence-corrected chi connectivity index (χ2v) is 9.77. The molecular weight excluding hydrogens is 444 g/mol. The fourth-order valence-corrected chi connectivity index (χ4v) is 3.55. The number of aromatic nitrogens is 2. The molecule has 1 heterocycles. The van der Waals surface area contributed by atoms with Crippen molar-refractivity contribution in [2.24, 2.45) is 5.92 Å². The normalized spacial score (nSPS) is 13.2. The lowest BCUT2D eigenvalue weighted by molar-refractivity contribution is -0.136. The molecule has 0 spiro atoms. The topological polar surface area (TPSA) is 117 Å². The molecule has 2 atom stereocenters. The number of benzene rings is 2. The van der Waals surface area contributed by atoms with Crippen molar-refractivity contribution >= 4 is 17.6 Å². The number of nitrogens with one attached hydrogen (secondary N) is 2. The molecule has 35 heavy (non-hydrogen) atoms. The van der Waals surface area contributed by atoms with Crippen LogP contribution >= 0.6 is 0 Å². The van der Waals surface area contributed by atoms with Crippen LogP contribution in [0.25, 0.3) is 11.5 Å². The van der Waals surface area contributed by atoms with E-state index in [1.807, 2.05) is 45.0 Å². The number of anilines is 1. The van der Waals surface area contributed by atoms with Crippen molar-refractivity contribution in [3.8, 4) is 11.5 Å². The van der Waals surface area contributed by atoms with Crippen molar-refractivity contribution in [3.05, 3.63) is 65.5 Å². The summed E-state index contributed by atoms with van der Waals surface area (Å²) in [5.74, 6) is 0.237. The molecule has 8 heteroatoms. The van der Waals surface area contributed by atoms with Gasteiger partial charge in [0.2, 0.25) is 11.8 Å². The molecule has 3 rings (SSSR count). The van der Waals surface area contributed by atoms with Crippen molar-refractivity contribution in [3.63, 3.8) is 0 Å². The molecular formula is C27H34N4O4. The number of amides is 1. The van der Waals surface area contributed by atoms with Gasteiger partial charge in [-0.25, -0.2) is 0 Å². The third kappa shape index (κ3) is 6.91. The van der Waals surface area contributed by atoms with E-state index in [-0.39, 0.29) is 30.3 Å². The molecule has 0 aliphatic heterocycles. The van der Waals surface area contributed by atoms with Gasteiger partial charge in [0, 0.05) is 28.8 Å². The monoisotopic (exact) mass is 478 g/mol. The third-order valence-electron chi connectivity index (χ3n) is 5.89. The van der Waals surface area contributed by atoms with Crippen molar-refractivity contribution in [1.29, 1.82) is 0 Å². The molecule has 186 valence electrons. The van der Waals surface area contributed by atoms with Crippen LogP contribution in [0.15, 0.2) is 52.9 Å². The number of hydrogen-bond acceptors (Lipinski definition) is 6. The zero-order valence-corrected chi connectivity index (χ0v) is 21.0.